The van der Waals surface area contributed by atoms with E-state index >= 15 is 0 Å². The molecule has 0 spiro atoms. The maximum atomic E-state index is 12.1. The molecule has 6 nitrogen and oxygen atoms in total. The summed E-state index contributed by atoms with van der Waals surface area (Å²) < 4.78 is 11.1. The van der Waals surface area contributed by atoms with E-state index in [0.717, 1.165) is 71.4 Å². The Kier molecular flexibility index (Phi) is 8.75. The molecule has 7 heteroatoms. The van der Waals surface area contributed by atoms with Crippen LogP contribution in [-0.4, -0.2) is 46.9 Å². The molecule has 0 aliphatic carbocycles. The number of piperidine rings is 1. The SMILES string of the molecule is CCOC(=O)C1CCN(Cc2cccc(-c3nnc(-c4ccc(OC(C)C)c(C)c4)s3)c2CC)CC1. The second kappa shape index (κ2) is 12.0. The molecule has 1 aliphatic heterocycles. The van der Waals surface area contributed by atoms with E-state index in [1.807, 2.05) is 26.8 Å². The Labute approximate surface area is 218 Å². The molecule has 0 atom stereocenters. The quantitative estimate of drug-likeness (QED) is 0.317. The number of rotatable bonds is 9. The lowest BCUT2D eigenvalue weighted by atomic mass is 9.95. The predicted octanol–water partition coefficient (Wildman–Crippen LogP) is 6.31. The molecule has 2 heterocycles. The van der Waals surface area contributed by atoms with E-state index in [4.69, 9.17) is 9.47 Å². The summed E-state index contributed by atoms with van der Waals surface area (Å²) in [6.07, 6.45) is 2.80. The van der Waals surface area contributed by atoms with E-state index < -0.39 is 0 Å². The number of benzene rings is 2. The zero-order valence-electron chi connectivity index (χ0n) is 22.0. The molecule has 2 aromatic carbocycles. The average molecular weight is 508 g/mol. The highest BCUT2D eigenvalue weighted by atomic mass is 32.1. The van der Waals surface area contributed by atoms with Crippen LogP contribution >= 0.6 is 11.3 Å². The normalized spacial score (nSPS) is 14.8. The number of aromatic nitrogens is 2. The van der Waals surface area contributed by atoms with Crippen LogP contribution in [0, 0.1) is 12.8 Å². The molecule has 1 fully saturated rings. The average Bonchev–Trinajstić information content (AvgIpc) is 3.36. The smallest absolute Gasteiger partial charge is 0.309 e. The molecule has 1 aliphatic rings. The third-order valence-corrected chi connectivity index (χ3v) is 7.67. The van der Waals surface area contributed by atoms with E-state index in [9.17, 15) is 4.79 Å². The van der Waals surface area contributed by atoms with E-state index in [-0.39, 0.29) is 18.0 Å². The van der Waals surface area contributed by atoms with Crippen molar-refractivity contribution in [2.45, 2.75) is 66.5 Å². The van der Waals surface area contributed by atoms with Crippen LogP contribution in [0.25, 0.3) is 21.1 Å². The zero-order chi connectivity index (χ0) is 25.7. The highest BCUT2D eigenvalue weighted by molar-refractivity contribution is 7.17. The van der Waals surface area contributed by atoms with Gasteiger partial charge in [0.05, 0.1) is 18.6 Å². The fraction of sp³-hybridized carbons (Fsp3) is 0.483. The van der Waals surface area contributed by atoms with Gasteiger partial charge in [-0.2, -0.15) is 0 Å². The number of aryl methyl sites for hydroxylation is 1. The number of nitrogens with zero attached hydrogens (tertiary/aromatic N) is 3. The van der Waals surface area contributed by atoms with Gasteiger partial charge in [0, 0.05) is 17.7 Å². The van der Waals surface area contributed by atoms with Crippen molar-refractivity contribution in [3.63, 3.8) is 0 Å². The van der Waals surface area contributed by atoms with E-state index in [1.165, 1.54) is 11.1 Å². The number of carbonyl (C=O) groups excluding carboxylic acids is 1. The Balaban J connectivity index is 1.50. The van der Waals surface area contributed by atoms with Crippen molar-refractivity contribution in [3.8, 4) is 26.9 Å². The Morgan fingerprint density at radius 2 is 1.86 bits per heavy atom. The number of ether oxygens (including phenoxy) is 2. The summed E-state index contributed by atoms with van der Waals surface area (Å²) in [5, 5.41) is 11.0. The number of esters is 1. The molecule has 0 saturated carbocycles. The maximum absolute atomic E-state index is 12.1. The first kappa shape index (κ1) is 26.3. The zero-order valence-corrected chi connectivity index (χ0v) is 22.9. The van der Waals surface area contributed by atoms with Crippen molar-refractivity contribution in [1.29, 1.82) is 0 Å². The highest BCUT2D eigenvalue weighted by Crippen LogP contribution is 2.35. The summed E-state index contributed by atoms with van der Waals surface area (Å²) in [5.74, 6) is 0.899. The summed E-state index contributed by atoms with van der Waals surface area (Å²) in [6.45, 7) is 13.4. The van der Waals surface area contributed by atoms with Crippen molar-refractivity contribution < 1.29 is 14.3 Å². The molecule has 1 aromatic heterocycles. The van der Waals surface area contributed by atoms with Crippen LogP contribution < -0.4 is 4.74 Å². The highest BCUT2D eigenvalue weighted by Gasteiger charge is 2.26. The van der Waals surface area contributed by atoms with Crippen LogP contribution in [0.15, 0.2) is 36.4 Å². The largest absolute Gasteiger partial charge is 0.491 e. The topological polar surface area (TPSA) is 64.5 Å². The van der Waals surface area contributed by atoms with Gasteiger partial charge in [0.15, 0.2) is 0 Å². The molecule has 36 heavy (non-hydrogen) atoms. The standard InChI is InChI=1S/C29H37N3O3S/c1-6-24-23(18-32-15-13-21(14-16-32)29(33)34-7-2)9-8-10-25(24)28-31-30-27(36-28)22-11-12-26(20(5)17-22)35-19(3)4/h8-12,17,19,21H,6-7,13-16,18H2,1-5H3. The molecule has 0 unspecified atom stereocenters. The van der Waals surface area contributed by atoms with Crippen molar-refractivity contribution in [1.82, 2.24) is 15.1 Å². The summed E-state index contributed by atoms with van der Waals surface area (Å²) in [6, 6.07) is 12.7. The Hall–Kier alpha value is -2.77. The summed E-state index contributed by atoms with van der Waals surface area (Å²) >= 11 is 1.63. The summed E-state index contributed by atoms with van der Waals surface area (Å²) in [5.41, 5.74) is 5.97. The molecular formula is C29H37N3O3S. The third-order valence-electron chi connectivity index (χ3n) is 6.67. The van der Waals surface area contributed by atoms with Gasteiger partial charge >= 0.3 is 5.97 Å². The second-order valence-corrected chi connectivity index (χ2v) is 10.6. The van der Waals surface area contributed by atoms with Gasteiger partial charge < -0.3 is 9.47 Å². The van der Waals surface area contributed by atoms with Crippen molar-refractivity contribution in [2.75, 3.05) is 19.7 Å². The molecule has 0 amide bonds. The lowest BCUT2D eigenvalue weighted by Crippen LogP contribution is -2.36. The first-order chi connectivity index (χ1) is 17.4. The first-order valence-corrected chi connectivity index (χ1v) is 13.8. The van der Waals surface area contributed by atoms with Crippen LogP contribution in [0.1, 0.15) is 57.2 Å². The van der Waals surface area contributed by atoms with Gasteiger partial charge in [-0.1, -0.05) is 36.5 Å². The van der Waals surface area contributed by atoms with Gasteiger partial charge in [0.2, 0.25) is 0 Å². The van der Waals surface area contributed by atoms with Crippen molar-refractivity contribution in [2.24, 2.45) is 5.92 Å². The fourth-order valence-corrected chi connectivity index (χ4v) is 5.74. The number of hydrogen-bond donors (Lipinski definition) is 0. The number of hydrogen-bond acceptors (Lipinski definition) is 7. The van der Waals surface area contributed by atoms with Crippen LogP contribution in [0.3, 0.4) is 0 Å². The third kappa shape index (κ3) is 6.13. The predicted molar refractivity (Wildman–Crippen MR) is 145 cm³/mol. The van der Waals surface area contributed by atoms with Crippen LogP contribution in [0.5, 0.6) is 5.75 Å². The van der Waals surface area contributed by atoms with Crippen molar-refractivity contribution in [3.05, 3.63) is 53.1 Å². The second-order valence-electron chi connectivity index (χ2n) is 9.66. The molecule has 4 rings (SSSR count). The van der Waals surface area contributed by atoms with Gasteiger partial charge in [-0.05, 0) is 94.9 Å². The van der Waals surface area contributed by atoms with Crippen molar-refractivity contribution >= 4 is 17.3 Å². The first-order valence-electron chi connectivity index (χ1n) is 13.0. The van der Waals surface area contributed by atoms with Crippen LogP contribution in [0.4, 0.5) is 0 Å². The summed E-state index contributed by atoms with van der Waals surface area (Å²) in [4.78, 5) is 14.5. The number of carbonyl (C=O) groups is 1. The monoisotopic (exact) mass is 507 g/mol. The van der Waals surface area contributed by atoms with Gasteiger partial charge in [-0.3, -0.25) is 9.69 Å². The fourth-order valence-electron chi connectivity index (χ4n) is 4.85. The van der Waals surface area contributed by atoms with Crippen LogP contribution in [-0.2, 0) is 22.5 Å². The van der Waals surface area contributed by atoms with E-state index in [1.54, 1.807) is 11.3 Å². The van der Waals surface area contributed by atoms with Gasteiger partial charge in [-0.25, -0.2) is 0 Å². The lowest BCUT2D eigenvalue weighted by Gasteiger charge is -2.31. The van der Waals surface area contributed by atoms with Gasteiger partial charge in [0.1, 0.15) is 15.8 Å². The Bertz CT molecular complexity index is 1180. The Morgan fingerprint density at radius 1 is 1.11 bits per heavy atom. The molecule has 3 aromatic rings. The minimum absolute atomic E-state index is 0.0348. The van der Waals surface area contributed by atoms with E-state index in [2.05, 4.69) is 59.3 Å². The maximum Gasteiger partial charge on any atom is 0.309 e. The number of likely N-dealkylation sites (tertiary alicyclic amines) is 1. The van der Waals surface area contributed by atoms with Crippen LogP contribution in [0.2, 0.25) is 0 Å². The molecule has 0 bridgehead atoms. The Morgan fingerprint density at radius 3 is 2.53 bits per heavy atom. The van der Waals surface area contributed by atoms with E-state index in [0.29, 0.717) is 6.61 Å². The van der Waals surface area contributed by atoms with Gasteiger partial charge in [0.25, 0.3) is 0 Å². The molecular weight excluding hydrogens is 470 g/mol. The molecule has 0 N–H and O–H groups in total. The van der Waals surface area contributed by atoms with Gasteiger partial charge in [-0.15, -0.1) is 10.2 Å². The minimum Gasteiger partial charge on any atom is -0.491 e. The minimum atomic E-state index is -0.0437. The molecule has 1 saturated heterocycles. The molecule has 192 valence electrons. The lowest BCUT2D eigenvalue weighted by molar-refractivity contribution is -0.149. The summed E-state index contributed by atoms with van der Waals surface area (Å²) in [7, 11) is 0. The molecule has 0 radical (unpaired) electrons.